The van der Waals surface area contributed by atoms with E-state index < -0.39 is 0 Å². The second-order valence-electron chi connectivity index (χ2n) is 3.07. The maximum Gasteiger partial charge on any atom is 0.130 e. The zero-order valence-corrected chi connectivity index (χ0v) is 10.1. The lowest BCUT2D eigenvalue weighted by Gasteiger charge is -2.08. The smallest absolute Gasteiger partial charge is 0.130 e. The van der Waals surface area contributed by atoms with Gasteiger partial charge in [0.15, 0.2) is 0 Å². The molecule has 1 aromatic heterocycles. The van der Waals surface area contributed by atoms with Gasteiger partial charge in [-0.3, -0.25) is 0 Å². The second kappa shape index (κ2) is 4.48. The summed E-state index contributed by atoms with van der Waals surface area (Å²) in [4.78, 5) is 4.17. The van der Waals surface area contributed by atoms with Crippen molar-refractivity contribution in [3.8, 4) is 0 Å². The minimum atomic E-state index is 0.729. The lowest BCUT2D eigenvalue weighted by atomic mass is 10.2. The highest BCUT2D eigenvalue weighted by Gasteiger charge is 2.00. The number of pyridine rings is 1. The van der Waals surface area contributed by atoms with E-state index in [1.54, 1.807) is 6.20 Å². The van der Waals surface area contributed by atoms with Crippen LogP contribution in [-0.2, 0) is 0 Å². The Hall–Kier alpha value is -1.30. The quantitative estimate of drug-likeness (QED) is 0.662. The molecule has 0 saturated heterocycles. The van der Waals surface area contributed by atoms with E-state index in [2.05, 4.69) is 32.9 Å². The van der Waals surface area contributed by atoms with Gasteiger partial charge in [0.1, 0.15) is 5.82 Å². The van der Waals surface area contributed by atoms with Gasteiger partial charge in [0.05, 0.1) is 11.4 Å². The SMILES string of the molecule is Nc1cc(I)ccc1Nc1ccccn1. The summed E-state index contributed by atoms with van der Waals surface area (Å²) in [6.45, 7) is 0. The molecule has 76 valence electrons. The molecule has 0 saturated carbocycles. The van der Waals surface area contributed by atoms with Crippen molar-refractivity contribution in [2.75, 3.05) is 11.1 Å². The number of nitrogens with one attached hydrogen (secondary N) is 1. The molecule has 15 heavy (non-hydrogen) atoms. The highest BCUT2D eigenvalue weighted by Crippen LogP contribution is 2.23. The first-order valence-electron chi connectivity index (χ1n) is 4.49. The Morgan fingerprint density at radius 2 is 2.07 bits per heavy atom. The molecule has 0 bridgehead atoms. The van der Waals surface area contributed by atoms with Crippen LogP contribution in [0.3, 0.4) is 0 Å². The maximum atomic E-state index is 5.87. The Kier molecular flexibility index (Phi) is 3.05. The van der Waals surface area contributed by atoms with Crippen molar-refractivity contribution in [2.45, 2.75) is 0 Å². The molecule has 2 rings (SSSR count). The monoisotopic (exact) mass is 311 g/mol. The number of nitrogens with zero attached hydrogens (tertiary/aromatic N) is 1. The predicted molar refractivity (Wildman–Crippen MR) is 71.1 cm³/mol. The van der Waals surface area contributed by atoms with Crippen LogP contribution in [0.5, 0.6) is 0 Å². The van der Waals surface area contributed by atoms with Crippen molar-refractivity contribution in [3.63, 3.8) is 0 Å². The Morgan fingerprint density at radius 3 is 2.73 bits per heavy atom. The van der Waals surface area contributed by atoms with Crippen LogP contribution in [0.1, 0.15) is 0 Å². The van der Waals surface area contributed by atoms with E-state index in [0.29, 0.717) is 0 Å². The molecule has 0 aliphatic heterocycles. The highest BCUT2D eigenvalue weighted by atomic mass is 127. The predicted octanol–water partition coefficient (Wildman–Crippen LogP) is 3.01. The van der Waals surface area contributed by atoms with E-state index in [1.165, 1.54) is 0 Å². The van der Waals surface area contributed by atoms with E-state index in [9.17, 15) is 0 Å². The molecule has 0 radical (unpaired) electrons. The number of halogens is 1. The van der Waals surface area contributed by atoms with Gasteiger partial charge in [0.2, 0.25) is 0 Å². The van der Waals surface area contributed by atoms with Crippen molar-refractivity contribution in [3.05, 3.63) is 46.2 Å². The standard InChI is InChI=1S/C11H10IN3/c12-8-4-5-10(9(13)7-8)15-11-3-1-2-6-14-11/h1-7H,13H2,(H,14,15). The molecular weight excluding hydrogens is 301 g/mol. The molecule has 0 unspecified atom stereocenters. The average molecular weight is 311 g/mol. The summed E-state index contributed by atoms with van der Waals surface area (Å²) in [6, 6.07) is 11.6. The summed E-state index contributed by atoms with van der Waals surface area (Å²) in [5, 5.41) is 3.16. The van der Waals surface area contributed by atoms with Gasteiger partial charge in [-0.2, -0.15) is 0 Å². The van der Waals surface area contributed by atoms with Crippen LogP contribution in [0, 0.1) is 3.57 Å². The van der Waals surface area contributed by atoms with Crippen LogP contribution in [0.25, 0.3) is 0 Å². The molecular formula is C11H10IN3. The van der Waals surface area contributed by atoms with Gasteiger partial charge >= 0.3 is 0 Å². The Labute approximate surface area is 102 Å². The van der Waals surface area contributed by atoms with Crippen molar-refractivity contribution in [2.24, 2.45) is 0 Å². The molecule has 4 heteroatoms. The topological polar surface area (TPSA) is 50.9 Å². The molecule has 0 spiro atoms. The van der Waals surface area contributed by atoms with Gasteiger partial charge in [0, 0.05) is 9.77 Å². The summed E-state index contributed by atoms with van der Waals surface area (Å²) >= 11 is 2.23. The normalized spacial score (nSPS) is 9.93. The van der Waals surface area contributed by atoms with Crippen LogP contribution in [0.15, 0.2) is 42.6 Å². The molecule has 0 aliphatic rings. The summed E-state index contributed by atoms with van der Waals surface area (Å²) in [5.41, 5.74) is 7.49. The van der Waals surface area contributed by atoms with Gasteiger partial charge in [-0.1, -0.05) is 6.07 Å². The minimum Gasteiger partial charge on any atom is -0.397 e. The fourth-order valence-corrected chi connectivity index (χ4v) is 1.74. The van der Waals surface area contributed by atoms with Gasteiger partial charge < -0.3 is 11.1 Å². The summed E-state index contributed by atoms with van der Waals surface area (Å²) < 4.78 is 1.12. The third kappa shape index (κ3) is 2.59. The molecule has 3 nitrogen and oxygen atoms in total. The Bertz CT molecular complexity index is 457. The van der Waals surface area contributed by atoms with Gasteiger partial charge in [0.25, 0.3) is 0 Å². The van der Waals surface area contributed by atoms with Crippen LogP contribution >= 0.6 is 22.6 Å². The lowest BCUT2D eigenvalue weighted by molar-refractivity contribution is 1.31. The third-order valence-electron chi connectivity index (χ3n) is 1.94. The lowest BCUT2D eigenvalue weighted by Crippen LogP contribution is -1.97. The van der Waals surface area contributed by atoms with Crippen molar-refractivity contribution < 1.29 is 0 Å². The largest absolute Gasteiger partial charge is 0.397 e. The van der Waals surface area contributed by atoms with Crippen LogP contribution < -0.4 is 11.1 Å². The summed E-state index contributed by atoms with van der Waals surface area (Å²) in [6.07, 6.45) is 1.74. The van der Waals surface area contributed by atoms with Crippen LogP contribution in [0.4, 0.5) is 17.2 Å². The van der Waals surface area contributed by atoms with E-state index in [0.717, 1.165) is 20.8 Å². The number of benzene rings is 1. The molecule has 2 aromatic rings. The molecule has 0 atom stereocenters. The molecule has 3 N–H and O–H groups in total. The molecule has 1 heterocycles. The minimum absolute atomic E-state index is 0.729. The molecule has 0 amide bonds. The number of aromatic nitrogens is 1. The number of hydrogen-bond acceptors (Lipinski definition) is 3. The number of nitrogens with two attached hydrogens (primary N) is 1. The first-order valence-corrected chi connectivity index (χ1v) is 5.56. The number of anilines is 3. The number of rotatable bonds is 2. The van der Waals surface area contributed by atoms with Crippen LogP contribution in [-0.4, -0.2) is 4.98 Å². The fraction of sp³-hybridized carbons (Fsp3) is 0. The fourth-order valence-electron chi connectivity index (χ4n) is 1.22. The first-order chi connectivity index (χ1) is 7.25. The Morgan fingerprint density at radius 1 is 1.20 bits per heavy atom. The highest BCUT2D eigenvalue weighted by molar-refractivity contribution is 14.1. The van der Waals surface area contributed by atoms with E-state index in [-0.39, 0.29) is 0 Å². The number of hydrogen-bond donors (Lipinski definition) is 2. The molecule has 0 fully saturated rings. The van der Waals surface area contributed by atoms with Gasteiger partial charge in [-0.15, -0.1) is 0 Å². The zero-order chi connectivity index (χ0) is 10.7. The third-order valence-corrected chi connectivity index (χ3v) is 2.61. The molecule has 0 aliphatic carbocycles. The van der Waals surface area contributed by atoms with Gasteiger partial charge in [-0.25, -0.2) is 4.98 Å². The van der Waals surface area contributed by atoms with Crippen molar-refractivity contribution in [1.29, 1.82) is 0 Å². The van der Waals surface area contributed by atoms with Crippen molar-refractivity contribution in [1.82, 2.24) is 4.98 Å². The maximum absolute atomic E-state index is 5.87. The van der Waals surface area contributed by atoms with E-state index in [1.807, 2.05) is 36.4 Å². The average Bonchev–Trinajstić information content (AvgIpc) is 2.24. The summed E-state index contributed by atoms with van der Waals surface area (Å²) in [5.74, 6) is 0.797. The van der Waals surface area contributed by atoms with Crippen molar-refractivity contribution >= 4 is 39.8 Å². The van der Waals surface area contributed by atoms with Gasteiger partial charge in [-0.05, 0) is 52.9 Å². The Balaban J connectivity index is 2.25. The van der Waals surface area contributed by atoms with E-state index in [4.69, 9.17) is 5.73 Å². The first kappa shape index (κ1) is 10.2. The molecule has 1 aromatic carbocycles. The zero-order valence-electron chi connectivity index (χ0n) is 7.94. The van der Waals surface area contributed by atoms with E-state index >= 15 is 0 Å². The summed E-state index contributed by atoms with van der Waals surface area (Å²) in [7, 11) is 0. The van der Waals surface area contributed by atoms with Crippen LogP contribution in [0.2, 0.25) is 0 Å². The number of nitrogen functional groups attached to an aromatic ring is 1. The second-order valence-corrected chi connectivity index (χ2v) is 4.32.